The largest absolute Gasteiger partial charge is 0.395 e. The summed E-state index contributed by atoms with van der Waals surface area (Å²) in [5.41, 5.74) is 3.61. The number of aliphatic hydroxyl groups is 2. The summed E-state index contributed by atoms with van der Waals surface area (Å²) < 4.78 is 0. The SMILES string of the molecule is OCCN1CCN(CCC(O)c2ccc3c(c2)CCCN3)CC1. The Labute approximate surface area is 138 Å². The summed E-state index contributed by atoms with van der Waals surface area (Å²) in [4.78, 5) is 4.71. The van der Waals surface area contributed by atoms with Crippen LogP contribution in [0.1, 0.15) is 30.1 Å². The van der Waals surface area contributed by atoms with Gasteiger partial charge in [-0.15, -0.1) is 0 Å². The fraction of sp³-hybridized carbons (Fsp3) is 0.667. The van der Waals surface area contributed by atoms with Gasteiger partial charge in [0.15, 0.2) is 0 Å². The van der Waals surface area contributed by atoms with Crippen LogP contribution in [0.4, 0.5) is 5.69 Å². The predicted octanol–water partition coefficient (Wildman–Crippen LogP) is 1.08. The molecule has 23 heavy (non-hydrogen) atoms. The lowest BCUT2D eigenvalue weighted by Gasteiger charge is -2.34. The fourth-order valence-corrected chi connectivity index (χ4v) is 3.55. The topological polar surface area (TPSA) is 59.0 Å². The zero-order chi connectivity index (χ0) is 16.1. The molecule has 2 heterocycles. The van der Waals surface area contributed by atoms with E-state index in [0.717, 1.165) is 64.2 Å². The van der Waals surface area contributed by atoms with E-state index >= 15 is 0 Å². The van der Waals surface area contributed by atoms with E-state index in [4.69, 9.17) is 5.11 Å². The van der Waals surface area contributed by atoms with Crippen LogP contribution in [0.3, 0.4) is 0 Å². The van der Waals surface area contributed by atoms with E-state index in [1.165, 1.54) is 17.7 Å². The molecule has 1 aromatic carbocycles. The van der Waals surface area contributed by atoms with Crippen molar-refractivity contribution < 1.29 is 10.2 Å². The molecule has 1 aromatic rings. The van der Waals surface area contributed by atoms with Crippen molar-refractivity contribution in [2.75, 3.05) is 57.7 Å². The highest BCUT2D eigenvalue weighted by Crippen LogP contribution is 2.27. The Balaban J connectivity index is 1.47. The van der Waals surface area contributed by atoms with Crippen molar-refractivity contribution >= 4 is 5.69 Å². The number of rotatable bonds is 6. The van der Waals surface area contributed by atoms with Gasteiger partial charge in [0, 0.05) is 51.5 Å². The third kappa shape index (κ3) is 4.44. The monoisotopic (exact) mass is 319 g/mol. The molecule has 5 nitrogen and oxygen atoms in total. The van der Waals surface area contributed by atoms with Crippen LogP contribution in [-0.2, 0) is 6.42 Å². The number of aliphatic hydroxyl groups excluding tert-OH is 2. The number of benzene rings is 1. The van der Waals surface area contributed by atoms with Crippen molar-refractivity contribution in [3.8, 4) is 0 Å². The summed E-state index contributed by atoms with van der Waals surface area (Å²) >= 11 is 0. The molecule has 0 amide bonds. The summed E-state index contributed by atoms with van der Waals surface area (Å²) in [6, 6.07) is 6.34. The molecule has 0 saturated carbocycles. The summed E-state index contributed by atoms with van der Waals surface area (Å²) in [6.07, 6.45) is 2.68. The van der Waals surface area contributed by atoms with Gasteiger partial charge in [0.05, 0.1) is 12.7 Å². The lowest BCUT2D eigenvalue weighted by molar-refractivity contribution is 0.0923. The van der Waals surface area contributed by atoms with Crippen LogP contribution < -0.4 is 5.32 Å². The van der Waals surface area contributed by atoms with E-state index in [2.05, 4.69) is 33.3 Å². The number of β-amino-alcohol motifs (C(OH)–C–C–N with tert-alkyl or cyclic N) is 1. The molecule has 0 bridgehead atoms. The zero-order valence-corrected chi connectivity index (χ0v) is 13.9. The molecule has 2 aliphatic heterocycles. The number of nitrogens with zero attached hydrogens (tertiary/aromatic N) is 2. The Morgan fingerprint density at radius 2 is 1.83 bits per heavy atom. The molecule has 0 radical (unpaired) electrons. The van der Waals surface area contributed by atoms with Crippen LogP contribution in [0.15, 0.2) is 18.2 Å². The lowest BCUT2D eigenvalue weighted by Crippen LogP contribution is -2.47. The maximum Gasteiger partial charge on any atom is 0.0802 e. The first-order valence-corrected chi connectivity index (χ1v) is 8.86. The molecular weight excluding hydrogens is 290 g/mol. The first-order chi connectivity index (χ1) is 11.3. The van der Waals surface area contributed by atoms with Gasteiger partial charge in [-0.2, -0.15) is 0 Å². The fourth-order valence-electron chi connectivity index (χ4n) is 3.55. The molecule has 1 fully saturated rings. The van der Waals surface area contributed by atoms with E-state index in [-0.39, 0.29) is 12.7 Å². The number of hydrogen-bond acceptors (Lipinski definition) is 5. The molecule has 3 rings (SSSR count). The molecule has 3 N–H and O–H groups in total. The number of hydrogen-bond donors (Lipinski definition) is 3. The van der Waals surface area contributed by atoms with Crippen molar-refractivity contribution in [2.24, 2.45) is 0 Å². The van der Waals surface area contributed by atoms with Crippen LogP contribution >= 0.6 is 0 Å². The Morgan fingerprint density at radius 3 is 2.57 bits per heavy atom. The molecule has 1 atom stereocenters. The Hall–Kier alpha value is -1.14. The van der Waals surface area contributed by atoms with Gasteiger partial charge in [-0.05, 0) is 36.5 Å². The quantitative estimate of drug-likeness (QED) is 0.732. The Bertz CT molecular complexity index is 501. The normalized spacial score (nSPS) is 20.8. The molecule has 0 aromatic heterocycles. The van der Waals surface area contributed by atoms with E-state index in [9.17, 15) is 5.11 Å². The van der Waals surface area contributed by atoms with Crippen molar-refractivity contribution in [3.05, 3.63) is 29.3 Å². The smallest absolute Gasteiger partial charge is 0.0802 e. The molecule has 1 saturated heterocycles. The van der Waals surface area contributed by atoms with Gasteiger partial charge in [-0.3, -0.25) is 4.90 Å². The van der Waals surface area contributed by atoms with Crippen molar-refractivity contribution in [2.45, 2.75) is 25.4 Å². The average Bonchev–Trinajstić information content (AvgIpc) is 2.60. The van der Waals surface area contributed by atoms with Gasteiger partial charge in [0.25, 0.3) is 0 Å². The third-order valence-corrected chi connectivity index (χ3v) is 5.05. The highest BCUT2D eigenvalue weighted by molar-refractivity contribution is 5.54. The van der Waals surface area contributed by atoms with E-state index < -0.39 is 0 Å². The Morgan fingerprint density at radius 1 is 1.09 bits per heavy atom. The Kier molecular flexibility index (Phi) is 5.89. The number of fused-ring (bicyclic) bond motifs is 1. The molecular formula is C18H29N3O2. The number of aryl methyl sites for hydroxylation is 1. The molecule has 0 spiro atoms. The molecule has 0 aliphatic carbocycles. The standard InChI is InChI=1S/C18H29N3O2/c22-13-12-21-10-8-20(9-11-21)7-5-18(23)16-3-4-17-15(14-16)2-1-6-19-17/h3-4,14,18-19,22-23H,1-2,5-13H2. The second-order valence-corrected chi connectivity index (χ2v) is 6.66. The first-order valence-electron chi connectivity index (χ1n) is 8.86. The van der Waals surface area contributed by atoms with Crippen LogP contribution in [-0.4, -0.2) is 72.4 Å². The van der Waals surface area contributed by atoms with Crippen molar-refractivity contribution in [1.29, 1.82) is 0 Å². The third-order valence-electron chi connectivity index (χ3n) is 5.05. The molecule has 2 aliphatic rings. The van der Waals surface area contributed by atoms with Gasteiger partial charge >= 0.3 is 0 Å². The summed E-state index contributed by atoms with van der Waals surface area (Å²) in [5.74, 6) is 0. The van der Waals surface area contributed by atoms with Crippen molar-refractivity contribution in [1.82, 2.24) is 9.80 Å². The minimum Gasteiger partial charge on any atom is -0.395 e. The number of nitrogens with one attached hydrogen (secondary N) is 1. The van der Waals surface area contributed by atoms with Gasteiger partial charge in [0.1, 0.15) is 0 Å². The van der Waals surface area contributed by atoms with Gasteiger partial charge in [-0.1, -0.05) is 12.1 Å². The molecule has 128 valence electrons. The molecule has 5 heteroatoms. The zero-order valence-electron chi connectivity index (χ0n) is 13.9. The van der Waals surface area contributed by atoms with Crippen LogP contribution in [0.5, 0.6) is 0 Å². The predicted molar refractivity (Wildman–Crippen MR) is 92.8 cm³/mol. The first kappa shape index (κ1) is 16.7. The van der Waals surface area contributed by atoms with Crippen LogP contribution in [0.2, 0.25) is 0 Å². The average molecular weight is 319 g/mol. The number of piperazine rings is 1. The summed E-state index contributed by atoms with van der Waals surface area (Å²) in [6.45, 7) is 7.09. The van der Waals surface area contributed by atoms with E-state index in [1.54, 1.807) is 0 Å². The highest BCUT2D eigenvalue weighted by Gasteiger charge is 2.18. The van der Waals surface area contributed by atoms with Crippen LogP contribution in [0.25, 0.3) is 0 Å². The lowest BCUT2D eigenvalue weighted by atomic mass is 9.97. The highest BCUT2D eigenvalue weighted by atomic mass is 16.3. The van der Waals surface area contributed by atoms with E-state index in [1.807, 2.05) is 0 Å². The minimum atomic E-state index is -0.377. The van der Waals surface area contributed by atoms with Crippen LogP contribution in [0, 0.1) is 0 Å². The van der Waals surface area contributed by atoms with Gasteiger partial charge < -0.3 is 20.4 Å². The van der Waals surface area contributed by atoms with Gasteiger partial charge in [0.2, 0.25) is 0 Å². The second-order valence-electron chi connectivity index (χ2n) is 6.66. The minimum absolute atomic E-state index is 0.242. The maximum absolute atomic E-state index is 10.5. The van der Waals surface area contributed by atoms with E-state index in [0.29, 0.717) is 0 Å². The molecule has 1 unspecified atom stereocenters. The number of anilines is 1. The maximum atomic E-state index is 10.5. The van der Waals surface area contributed by atoms with Gasteiger partial charge in [-0.25, -0.2) is 0 Å². The second kappa shape index (κ2) is 8.11. The summed E-state index contributed by atoms with van der Waals surface area (Å²) in [7, 11) is 0. The van der Waals surface area contributed by atoms with Crippen molar-refractivity contribution in [3.63, 3.8) is 0 Å². The summed E-state index contributed by atoms with van der Waals surface area (Å²) in [5, 5.41) is 22.9.